The van der Waals surface area contributed by atoms with E-state index in [4.69, 9.17) is 0 Å². The number of hydrogen-bond donors (Lipinski definition) is 2. The molecule has 0 bridgehead atoms. The number of H-pyrrole nitrogens is 2. The highest BCUT2D eigenvalue weighted by Gasteiger charge is 2.17. The van der Waals surface area contributed by atoms with Gasteiger partial charge < -0.3 is 9.88 Å². The zero-order valence-electron chi connectivity index (χ0n) is 17.6. The fraction of sp³-hybridized carbons (Fsp3) is 0.250. The summed E-state index contributed by atoms with van der Waals surface area (Å²) in [6.45, 7) is 8.39. The Bertz CT molecular complexity index is 1340. The van der Waals surface area contributed by atoms with Gasteiger partial charge in [0.2, 0.25) is 0 Å². The highest BCUT2D eigenvalue weighted by atomic mass is 15.2. The Balaban J connectivity index is 1.50. The molecule has 1 aliphatic heterocycles. The summed E-state index contributed by atoms with van der Waals surface area (Å²) >= 11 is 0. The maximum atomic E-state index is 4.68. The Kier molecular flexibility index (Phi) is 5.08. The first kappa shape index (κ1) is 19.2. The Morgan fingerprint density at radius 3 is 2.81 bits per heavy atom. The number of anilines is 1. The minimum absolute atomic E-state index is 0.817. The summed E-state index contributed by atoms with van der Waals surface area (Å²) < 4.78 is 0. The minimum Gasteiger partial charge on any atom is -0.356 e. The molecule has 1 fully saturated rings. The predicted octanol–water partition coefficient (Wildman–Crippen LogP) is 3.03. The van der Waals surface area contributed by atoms with Crippen LogP contribution < -0.4 is 15.5 Å². The molecule has 156 valence electrons. The molecule has 7 heteroatoms. The molecule has 4 aromatic rings. The van der Waals surface area contributed by atoms with Crippen molar-refractivity contribution >= 4 is 34.9 Å². The molecule has 1 aliphatic rings. The molecule has 0 amide bonds. The van der Waals surface area contributed by atoms with Gasteiger partial charge in [0, 0.05) is 42.3 Å². The average molecular weight is 412 g/mol. The van der Waals surface area contributed by atoms with Crippen molar-refractivity contribution in [3.8, 4) is 11.4 Å². The first-order valence-corrected chi connectivity index (χ1v) is 10.6. The molecule has 7 nitrogen and oxygen atoms in total. The van der Waals surface area contributed by atoms with E-state index in [1.807, 2.05) is 31.3 Å². The first-order chi connectivity index (χ1) is 15.2. The standard InChI is InChI=1S/C24H25N7/c1-16(22-15-25-10-11-26-22)6-7-19-17(2)23(30-29-19)21-14-18-20(28-21)8-9-27-24(18)31-12-4-3-5-13-31/h6-11,14-15,28-29H,2-5,12-13H2,1H3/b16-6+,19-7+. The summed E-state index contributed by atoms with van der Waals surface area (Å²) in [4.78, 5) is 19.0. The van der Waals surface area contributed by atoms with E-state index in [-0.39, 0.29) is 0 Å². The number of nitrogens with zero attached hydrogens (tertiary/aromatic N) is 5. The van der Waals surface area contributed by atoms with Crippen molar-refractivity contribution in [3.63, 3.8) is 0 Å². The number of piperidine rings is 1. The van der Waals surface area contributed by atoms with Crippen LogP contribution in [0.1, 0.15) is 31.9 Å². The van der Waals surface area contributed by atoms with Crippen molar-refractivity contribution in [3.05, 3.63) is 59.3 Å². The minimum atomic E-state index is 0.817. The second-order valence-corrected chi connectivity index (χ2v) is 7.90. The van der Waals surface area contributed by atoms with Gasteiger partial charge in [-0.1, -0.05) is 12.7 Å². The number of aromatic amines is 2. The van der Waals surface area contributed by atoms with Gasteiger partial charge in [0.15, 0.2) is 0 Å². The van der Waals surface area contributed by atoms with Crippen LogP contribution in [0.25, 0.3) is 40.5 Å². The molecule has 2 N–H and O–H groups in total. The van der Waals surface area contributed by atoms with Gasteiger partial charge in [0.1, 0.15) is 11.5 Å². The van der Waals surface area contributed by atoms with Crippen molar-refractivity contribution in [2.45, 2.75) is 26.2 Å². The van der Waals surface area contributed by atoms with Crippen LogP contribution in [0.3, 0.4) is 0 Å². The average Bonchev–Trinajstić information content (AvgIpc) is 3.41. The van der Waals surface area contributed by atoms with Gasteiger partial charge in [-0.3, -0.25) is 15.1 Å². The Labute approximate surface area is 180 Å². The highest BCUT2D eigenvalue weighted by molar-refractivity contribution is 5.94. The summed E-state index contributed by atoms with van der Waals surface area (Å²) in [6, 6.07) is 4.16. The van der Waals surface area contributed by atoms with Crippen LogP contribution in [0.15, 0.2) is 43.0 Å². The third-order valence-corrected chi connectivity index (χ3v) is 5.80. The predicted molar refractivity (Wildman–Crippen MR) is 125 cm³/mol. The molecule has 0 aromatic carbocycles. The largest absolute Gasteiger partial charge is 0.356 e. The van der Waals surface area contributed by atoms with Gasteiger partial charge in [0.05, 0.1) is 28.5 Å². The fourth-order valence-electron chi connectivity index (χ4n) is 4.06. The summed E-state index contributed by atoms with van der Waals surface area (Å²) in [5.74, 6) is 1.05. The third-order valence-electron chi connectivity index (χ3n) is 5.80. The van der Waals surface area contributed by atoms with Crippen molar-refractivity contribution < 1.29 is 0 Å². The van der Waals surface area contributed by atoms with Crippen LogP contribution in [-0.4, -0.2) is 43.2 Å². The molecule has 1 saturated heterocycles. The molecule has 0 radical (unpaired) electrons. The molecular weight excluding hydrogens is 386 g/mol. The molecule has 4 aromatic heterocycles. The monoisotopic (exact) mass is 411 g/mol. The lowest BCUT2D eigenvalue weighted by Crippen LogP contribution is -2.30. The summed E-state index contributed by atoms with van der Waals surface area (Å²) in [5, 5.41) is 10.5. The van der Waals surface area contributed by atoms with Crippen LogP contribution in [0.2, 0.25) is 0 Å². The Morgan fingerprint density at radius 2 is 2.00 bits per heavy atom. The lowest BCUT2D eigenvalue weighted by molar-refractivity contribution is 0.575. The number of fused-ring (bicyclic) bond motifs is 1. The second-order valence-electron chi connectivity index (χ2n) is 7.90. The first-order valence-electron chi connectivity index (χ1n) is 10.6. The topological polar surface area (TPSA) is 86.4 Å². The summed E-state index contributed by atoms with van der Waals surface area (Å²) in [5.41, 5.74) is 4.69. The Morgan fingerprint density at radius 1 is 1.13 bits per heavy atom. The van der Waals surface area contributed by atoms with Gasteiger partial charge >= 0.3 is 0 Å². The molecule has 0 aliphatic carbocycles. The number of hydrogen-bond acceptors (Lipinski definition) is 5. The quantitative estimate of drug-likeness (QED) is 0.539. The zero-order valence-corrected chi connectivity index (χ0v) is 17.6. The number of pyridine rings is 1. The normalized spacial score (nSPS) is 15.7. The van der Waals surface area contributed by atoms with E-state index in [2.05, 4.69) is 47.7 Å². The van der Waals surface area contributed by atoms with Crippen molar-refractivity contribution in [1.29, 1.82) is 0 Å². The zero-order chi connectivity index (χ0) is 21.2. The SMILES string of the molecule is C=c1c(-c2cc3c(N4CCCCC4)nccc3[nH]2)n[nH]/c1=C/C=C(\C)c1cnccn1. The second kappa shape index (κ2) is 8.18. The van der Waals surface area contributed by atoms with Gasteiger partial charge in [-0.2, -0.15) is 5.10 Å². The fourth-order valence-corrected chi connectivity index (χ4v) is 4.06. The van der Waals surface area contributed by atoms with Crippen LogP contribution in [0.5, 0.6) is 0 Å². The van der Waals surface area contributed by atoms with Crippen LogP contribution in [0.4, 0.5) is 5.82 Å². The number of rotatable bonds is 4. The molecule has 0 saturated carbocycles. The van der Waals surface area contributed by atoms with Gasteiger partial charge in [-0.25, -0.2) is 4.98 Å². The summed E-state index contributed by atoms with van der Waals surface area (Å²) in [6.07, 6.45) is 14.7. The maximum Gasteiger partial charge on any atom is 0.137 e. The number of allylic oxidation sites excluding steroid dienone is 2. The van der Waals surface area contributed by atoms with Crippen molar-refractivity contribution in [2.75, 3.05) is 18.0 Å². The number of aromatic nitrogens is 6. The van der Waals surface area contributed by atoms with E-state index in [1.54, 1.807) is 18.6 Å². The molecule has 0 spiro atoms. The Hall–Kier alpha value is -3.74. The van der Waals surface area contributed by atoms with Gasteiger partial charge in [-0.15, -0.1) is 0 Å². The smallest absolute Gasteiger partial charge is 0.137 e. The summed E-state index contributed by atoms with van der Waals surface area (Å²) in [7, 11) is 0. The van der Waals surface area contributed by atoms with Crippen molar-refractivity contribution in [1.82, 2.24) is 30.1 Å². The lowest BCUT2D eigenvalue weighted by atomic mass is 10.1. The van der Waals surface area contributed by atoms with E-state index in [0.29, 0.717) is 0 Å². The van der Waals surface area contributed by atoms with Crippen LogP contribution in [-0.2, 0) is 0 Å². The molecule has 5 heterocycles. The highest BCUT2D eigenvalue weighted by Crippen LogP contribution is 2.29. The lowest BCUT2D eigenvalue weighted by Gasteiger charge is -2.28. The maximum absolute atomic E-state index is 4.68. The third kappa shape index (κ3) is 3.74. The molecule has 31 heavy (non-hydrogen) atoms. The van der Waals surface area contributed by atoms with E-state index in [1.165, 1.54) is 19.3 Å². The van der Waals surface area contributed by atoms with Crippen molar-refractivity contribution in [2.24, 2.45) is 0 Å². The van der Waals surface area contributed by atoms with Crippen LogP contribution in [0, 0.1) is 0 Å². The van der Waals surface area contributed by atoms with Crippen LogP contribution >= 0.6 is 0 Å². The molecule has 0 atom stereocenters. The molecule has 5 rings (SSSR count). The van der Waals surface area contributed by atoms with E-state index >= 15 is 0 Å². The van der Waals surface area contributed by atoms with E-state index in [0.717, 1.165) is 63.0 Å². The van der Waals surface area contributed by atoms with E-state index in [9.17, 15) is 0 Å². The van der Waals surface area contributed by atoms with E-state index < -0.39 is 0 Å². The van der Waals surface area contributed by atoms with Gasteiger partial charge in [0.25, 0.3) is 0 Å². The van der Waals surface area contributed by atoms with Gasteiger partial charge in [-0.05, 0) is 50.0 Å². The molecule has 0 unspecified atom stereocenters. The number of nitrogens with one attached hydrogen (secondary N) is 2. The molecular formula is C24H25N7.